The first-order valence-corrected chi connectivity index (χ1v) is 6.71. The molecule has 0 fully saturated rings. The van der Waals surface area contributed by atoms with Crippen LogP contribution < -0.4 is 0 Å². The van der Waals surface area contributed by atoms with E-state index < -0.39 is 5.41 Å². The zero-order chi connectivity index (χ0) is 13.5. The number of nitriles is 1. The molecule has 0 aliphatic heterocycles. The lowest BCUT2D eigenvalue weighted by atomic mass is 9.79. The van der Waals surface area contributed by atoms with Crippen molar-refractivity contribution in [2.75, 3.05) is 6.54 Å². The molecule has 0 bridgehead atoms. The molecule has 0 heterocycles. The Kier molecular flexibility index (Phi) is 6.87. The lowest BCUT2D eigenvalue weighted by Gasteiger charge is -2.34. The summed E-state index contributed by atoms with van der Waals surface area (Å²) in [5.74, 6) is 0.0150. The van der Waals surface area contributed by atoms with Crippen molar-refractivity contribution in [1.82, 2.24) is 4.90 Å². The summed E-state index contributed by atoms with van der Waals surface area (Å²) in [6.45, 7) is 10.7. The summed E-state index contributed by atoms with van der Waals surface area (Å²) >= 11 is 0. The third-order valence-electron chi connectivity index (χ3n) is 3.20. The highest BCUT2D eigenvalue weighted by molar-refractivity contribution is 5.85. The lowest BCUT2D eigenvalue weighted by molar-refractivity contribution is -0.141. The summed E-state index contributed by atoms with van der Waals surface area (Å²) < 4.78 is 0. The van der Waals surface area contributed by atoms with Crippen LogP contribution in [0.25, 0.3) is 0 Å². The third-order valence-corrected chi connectivity index (χ3v) is 3.20. The third kappa shape index (κ3) is 3.73. The SMILES string of the molecule is CCCC(C#N)(CCC)C(=O)N(CC)C(C)C. The minimum Gasteiger partial charge on any atom is -0.339 e. The minimum absolute atomic E-state index is 0.0150. The maximum Gasteiger partial charge on any atom is 0.243 e. The summed E-state index contributed by atoms with van der Waals surface area (Å²) in [6, 6.07) is 2.46. The second-order valence-corrected chi connectivity index (χ2v) is 4.88. The Labute approximate surface area is 106 Å². The molecule has 0 rings (SSSR count). The van der Waals surface area contributed by atoms with E-state index in [1.54, 1.807) is 0 Å². The van der Waals surface area contributed by atoms with Gasteiger partial charge in [0.05, 0.1) is 6.07 Å². The molecule has 1 amide bonds. The molecule has 3 nitrogen and oxygen atoms in total. The predicted octanol–water partition coefficient (Wildman–Crippen LogP) is 3.35. The van der Waals surface area contributed by atoms with Gasteiger partial charge in [0, 0.05) is 12.6 Å². The summed E-state index contributed by atoms with van der Waals surface area (Å²) in [4.78, 5) is 14.4. The van der Waals surface area contributed by atoms with Gasteiger partial charge in [-0.2, -0.15) is 5.26 Å². The van der Waals surface area contributed by atoms with Crippen molar-refractivity contribution in [3.8, 4) is 6.07 Å². The molecule has 3 heteroatoms. The fraction of sp³-hybridized carbons (Fsp3) is 0.857. The van der Waals surface area contributed by atoms with Crippen LogP contribution in [0, 0.1) is 16.7 Å². The maximum atomic E-state index is 12.6. The standard InChI is InChI=1S/C14H26N2O/c1-6-9-14(11-15,10-7-2)13(17)16(8-3)12(4)5/h12H,6-10H2,1-5H3. The van der Waals surface area contributed by atoms with Crippen LogP contribution in [0.15, 0.2) is 0 Å². The van der Waals surface area contributed by atoms with Crippen LogP contribution in [0.3, 0.4) is 0 Å². The molecule has 0 atom stereocenters. The first-order chi connectivity index (χ1) is 7.98. The number of rotatable bonds is 7. The monoisotopic (exact) mass is 238 g/mol. The van der Waals surface area contributed by atoms with Crippen LogP contribution in [-0.4, -0.2) is 23.4 Å². The largest absolute Gasteiger partial charge is 0.339 e. The van der Waals surface area contributed by atoms with Gasteiger partial charge in [0.25, 0.3) is 0 Å². The van der Waals surface area contributed by atoms with E-state index in [1.807, 2.05) is 39.5 Å². The maximum absolute atomic E-state index is 12.6. The van der Waals surface area contributed by atoms with Gasteiger partial charge in [-0.1, -0.05) is 26.7 Å². The van der Waals surface area contributed by atoms with Crippen molar-refractivity contribution in [3.63, 3.8) is 0 Å². The lowest BCUT2D eigenvalue weighted by Crippen LogP contribution is -2.46. The van der Waals surface area contributed by atoms with Gasteiger partial charge < -0.3 is 4.90 Å². The highest BCUT2D eigenvalue weighted by Crippen LogP contribution is 2.32. The summed E-state index contributed by atoms with van der Waals surface area (Å²) in [7, 11) is 0. The molecule has 0 aliphatic rings. The van der Waals surface area contributed by atoms with Crippen molar-refractivity contribution in [2.24, 2.45) is 5.41 Å². The highest BCUT2D eigenvalue weighted by atomic mass is 16.2. The zero-order valence-electron chi connectivity index (χ0n) is 11.9. The normalized spacial score (nSPS) is 11.4. The van der Waals surface area contributed by atoms with E-state index in [0.717, 1.165) is 12.8 Å². The highest BCUT2D eigenvalue weighted by Gasteiger charge is 2.40. The Bertz CT molecular complexity index is 272. The number of hydrogen-bond donors (Lipinski definition) is 0. The molecule has 0 unspecified atom stereocenters. The van der Waals surface area contributed by atoms with E-state index in [-0.39, 0.29) is 11.9 Å². The van der Waals surface area contributed by atoms with Crippen molar-refractivity contribution >= 4 is 5.91 Å². The molecule has 0 saturated heterocycles. The fourth-order valence-corrected chi connectivity index (χ4v) is 2.37. The molecule has 17 heavy (non-hydrogen) atoms. The number of carbonyl (C=O) groups is 1. The number of carbonyl (C=O) groups excluding carboxylic acids is 1. The van der Waals surface area contributed by atoms with Gasteiger partial charge in [0.15, 0.2) is 0 Å². The smallest absolute Gasteiger partial charge is 0.243 e. The molecule has 0 aliphatic carbocycles. The Morgan fingerprint density at radius 2 is 1.71 bits per heavy atom. The van der Waals surface area contributed by atoms with Crippen LogP contribution in [0.1, 0.15) is 60.3 Å². The first-order valence-electron chi connectivity index (χ1n) is 6.71. The van der Waals surface area contributed by atoms with Crippen LogP contribution in [0.2, 0.25) is 0 Å². The number of amides is 1. The minimum atomic E-state index is -0.802. The van der Waals surface area contributed by atoms with E-state index >= 15 is 0 Å². The molecule has 0 aromatic rings. The van der Waals surface area contributed by atoms with Crippen molar-refractivity contribution in [3.05, 3.63) is 0 Å². The second kappa shape index (κ2) is 7.32. The van der Waals surface area contributed by atoms with Crippen LogP contribution in [0.4, 0.5) is 0 Å². The van der Waals surface area contributed by atoms with Gasteiger partial charge in [-0.3, -0.25) is 4.79 Å². The molecule has 0 spiro atoms. The molecule has 0 aromatic carbocycles. The number of hydrogen-bond acceptors (Lipinski definition) is 2. The van der Waals surface area contributed by atoms with E-state index in [2.05, 4.69) is 6.07 Å². The Hall–Kier alpha value is -1.04. The summed E-state index contributed by atoms with van der Waals surface area (Å²) in [5.41, 5.74) is -0.802. The van der Waals surface area contributed by atoms with Gasteiger partial charge in [0.1, 0.15) is 5.41 Å². The molecular weight excluding hydrogens is 212 g/mol. The molecular formula is C14H26N2O. The van der Waals surface area contributed by atoms with Gasteiger partial charge in [-0.25, -0.2) is 0 Å². The van der Waals surface area contributed by atoms with Crippen molar-refractivity contribution < 1.29 is 4.79 Å². The van der Waals surface area contributed by atoms with Gasteiger partial charge >= 0.3 is 0 Å². The summed E-state index contributed by atoms with van der Waals surface area (Å²) in [6.07, 6.45) is 3.07. The molecule has 98 valence electrons. The Morgan fingerprint density at radius 1 is 1.24 bits per heavy atom. The Balaban J connectivity index is 5.16. The second-order valence-electron chi connectivity index (χ2n) is 4.88. The number of nitrogens with zero attached hydrogens (tertiary/aromatic N) is 2. The molecule has 0 N–H and O–H groups in total. The van der Waals surface area contributed by atoms with Crippen LogP contribution >= 0.6 is 0 Å². The van der Waals surface area contributed by atoms with Gasteiger partial charge in [0.2, 0.25) is 5.91 Å². The zero-order valence-corrected chi connectivity index (χ0v) is 11.9. The average Bonchev–Trinajstić information content (AvgIpc) is 2.28. The summed E-state index contributed by atoms with van der Waals surface area (Å²) in [5, 5.41) is 9.44. The predicted molar refractivity (Wildman–Crippen MR) is 70.4 cm³/mol. The molecule has 0 radical (unpaired) electrons. The fourth-order valence-electron chi connectivity index (χ4n) is 2.37. The van der Waals surface area contributed by atoms with E-state index in [9.17, 15) is 10.1 Å². The van der Waals surface area contributed by atoms with Crippen molar-refractivity contribution in [2.45, 2.75) is 66.3 Å². The van der Waals surface area contributed by atoms with Gasteiger partial charge in [-0.15, -0.1) is 0 Å². The quantitative estimate of drug-likeness (QED) is 0.682. The average molecular weight is 238 g/mol. The van der Waals surface area contributed by atoms with Crippen molar-refractivity contribution in [1.29, 1.82) is 5.26 Å². The van der Waals surface area contributed by atoms with Crippen LogP contribution in [0.5, 0.6) is 0 Å². The van der Waals surface area contributed by atoms with Gasteiger partial charge in [-0.05, 0) is 33.6 Å². The molecule has 0 aromatic heterocycles. The van der Waals surface area contributed by atoms with E-state index in [4.69, 9.17) is 0 Å². The Morgan fingerprint density at radius 3 is 1.94 bits per heavy atom. The van der Waals surface area contributed by atoms with E-state index in [0.29, 0.717) is 19.4 Å². The first kappa shape index (κ1) is 16.0. The van der Waals surface area contributed by atoms with E-state index in [1.165, 1.54) is 0 Å². The topological polar surface area (TPSA) is 44.1 Å². The van der Waals surface area contributed by atoms with Crippen LogP contribution in [-0.2, 0) is 4.79 Å². The molecule has 0 saturated carbocycles.